The van der Waals surface area contributed by atoms with Crippen LogP contribution in [0, 0.1) is 11.8 Å². The third-order valence-electron chi connectivity index (χ3n) is 3.87. The van der Waals surface area contributed by atoms with Crippen LogP contribution >= 0.6 is 11.3 Å². The van der Waals surface area contributed by atoms with E-state index in [1.165, 1.54) is 28.7 Å². The maximum absolute atomic E-state index is 12.1. The molecule has 5 nitrogen and oxygen atoms in total. The number of aromatic nitrogens is 2. The topological polar surface area (TPSA) is 64.0 Å². The van der Waals surface area contributed by atoms with Gasteiger partial charge in [0.05, 0.1) is 11.7 Å². The maximum Gasteiger partial charge on any atom is 0.262 e. The number of rotatable bonds is 5. The lowest BCUT2D eigenvalue weighted by Crippen LogP contribution is -2.29. The first-order chi connectivity index (χ1) is 9.65. The van der Waals surface area contributed by atoms with Gasteiger partial charge in [0.2, 0.25) is 5.91 Å². The minimum Gasteiger partial charge on any atom is -0.356 e. The zero-order valence-electron chi connectivity index (χ0n) is 11.3. The molecule has 2 unspecified atom stereocenters. The van der Waals surface area contributed by atoms with Crippen LogP contribution in [0.4, 0.5) is 0 Å². The van der Waals surface area contributed by atoms with E-state index in [4.69, 9.17) is 0 Å². The lowest BCUT2D eigenvalue weighted by molar-refractivity contribution is -0.121. The van der Waals surface area contributed by atoms with Gasteiger partial charge in [0.15, 0.2) is 0 Å². The lowest BCUT2D eigenvalue weighted by Gasteiger charge is -2.06. The van der Waals surface area contributed by atoms with Crippen LogP contribution in [-0.4, -0.2) is 22.0 Å². The summed E-state index contributed by atoms with van der Waals surface area (Å²) in [5.74, 6) is 1.38. The summed E-state index contributed by atoms with van der Waals surface area (Å²) in [7, 11) is 0. The Hall–Kier alpha value is -1.69. The van der Waals surface area contributed by atoms with Crippen LogP contribution in [0.2, 0.25) is 0 Å². The first-order valence-electron chi connectivity index (χ1n) is 6.84. The molecule has 1 saturated carbocycles. The number of fused-ring (bicyclic) bond motifs is 1. The number of hydrogen-bond acceptors (Lipinski definition) is 4. The molecule has 3 rings (SSSR count). The molecule has 0 bridgehead atoms. The van der Waals surface area contributed by atoms with Crippen LogP contribution in [0.1, 0.15) is 19.8 Å². The third kappa shape index (κ3) is 2.75. The van der Waals surface area contributed by atoms with Crippen LogP contribution in [0.5, 0.6) is 0 Å². The number of aryl methyl sites for hydroxylation is 1. The SMILES string of the molecule is CC1CC1CNC(=O)CCn1cnc2sccc2c1=O. The van der Waals surface area contributed by atoms with Gasteiger partial charge in [-0.25, -0.2) is 4.98 Å². The van der Waals surface area contributed by atoms with Crippen LogP contribution < -0.4 is 10.9 Å². The van der Waals surface area contributed by atoms with Gasteiger partial charge in [0.1, 0.15) is 4.83 Å². The van der Waals surface area contributed by atoms with Gasteiger partial charge >= 0.3 is 0 Å². The summed E-state index contributed by atoms with van der Waals surface area (Å²) in [6.07, 6.45) is 3.05. The highest BCUT2D eigenvalue weighted by molar-refractivity contribution is 7.16. The summed E-state index contributed by atoms with van der Waals surface area (Å²) in [6.45, 7) is 3.33. The molecule has 106 valence electrons. The van der Waals surface area contributed by atoms with Crippen molar-refractivity contribution in [1.82, 2.24) is 14.9 Å². The number of nitrogens with zero attached hydrogens (tertiary/aromatic N) is 2. The Labute approximate surface area is 120 Å². The van der Waals surface area contributed by atoms with Crippen molar-refractivity contribution >= 4 is 27.5 Å². The fraction of sp³-hybridized carbons (Fsp3) is 0.500. The Morgan fingerprint density at radius 3 is 3.15 bits per heavy atom. The van der Waals surface area contributed by atoms with E-state index in [1.54, 1.807) is 6.07 Å². The molecular weight excluding hydrogens is 274 g/mol. The average Bonchev–Trinajstić information content (AvgIpc) is 2.94. The molecule has 0 spiro atoms. The monoisotopic (exact) mass is 291 g/mol. The number of carbonyl (C=O) groups is 1. The fourth-order valence-electron chi connectivity index (χ4n) is 2.29. The number of hydrogen-bond donors (Lipinski definition) is 1. The predicted molar refractivity (Wildman–Crippen MR) is 78.8 cm³/mol. The number of carbonyl (C=O) groups excluding carboxylic acids is 1. The zero-order chi connectivity index (χ0) is 14.1. The first-order valence-corrected chi connectivity index (χ1v) is 7.72. The number of nitrogens with one attached hydrogen (secondary N) is 1. The molecule has 2 atom stereocenters. The third-order valence-corrected chi connectivity index (χ3v) is 4.69. The molecule has 2 aromatic heterocycles. The Balaban J connectivity index is 1.57. The van der Waals surface area contributed by atoms with Crippen molar-refractivity contribution in [2.75, 3.05) is 6.54 Å². The van der Waals surface area contributed by atoms with E-state index in [0.717, 1.165) is 17.3 Å². The molecule has 0 radical (unpaired) electrons. The smallest absolute Gasteiger partial charge is 0.262 e. The summed E-state index contributed by atoms with van der Waals surface area (Å²) in [6, 6.07) is 1.78. The van der Waals surface area contributed by atoms with E-state index in [9.17, 15) is 9.59 Å². The molecule has 1 N–H and O–H groups in total. The molecule has 0 aliphatic heterocycles. The van der Waals surface area contributed by atoms with Gasteiger partial charge in [-0.2, -0.15) is 0 Å². The van der Waals surface area contributed by atoms with Gasteiger partial charge in [-0.15, -0.1) is 11.3 Å². The largest absolute Gasteiger partial charge is 0.356 e. The van der Waals surface area contributed by atoms with Crippen molar-refractivity contribution in [2.24, 2.45) is 11.8 Å². The van der Waals surface area contributed by atoms with Crippen molar-refractivity contribution in [2.45, 2.75) is 26.3 Å². The molecular formula is C14H17N3O2S. The molecule has 1 amide bonds. The minimum atomic E-state index is -0.0696. The van der Waals surface area contributed by atoms with E-state index in [0.29, 0.717) is 24.3 Å². The molecule has 1 fully saturated rings. The highest BCUT2D eigenvalue weighted by Gasteiger charge is 2.32. The zero-order valence-corrected chi connectivity index (χ0v) is 12.2. The normalized spacial score (nSPS) is 21.1. The van der Waals surface area contributed by atoms with Crippen molar-refractivity contribution in [3.63, 3.8) is 0 Å². The minimum absolute atomic E-state index is 0.00131. The summed E-state index contributed by atoms with van der Waals surface area (Å²) < 4.78 is 1.51. The Kier molecular flexibility index (Phi) is 3.56. The van der Waals surface area contributed by atoms with E-state index in [-0.39, 0.29) is 11.5 Å². The van der Waals surface area contributed by atoms with Crippen LogP contribution in [0.3, 0.4) is 0 Å². The van der Waals surface area contributed by atoms with Gasteiger partial charge in [0, 0.05) is 19.5 Å². The van der Waals surface area contributed by atoms with Gasteiger partial charge in [-0.1, -0.05) is 6.92 Å². The molecule has 0 aromatic carbocycles. The second-order valence-electron chi connectivity index (χ2n) is 5.41. The summed E-state index contributed by atoms with van der Waals surface area (Å²) in [5, 5.41) is 5.41. The Morgan fingerprint density at radius 1 is 1.60 bits per heavy atom. The van der Waals surface area contributed by atoms with E-state index in [1.807, 2.05) is 5.38 Å². The van der Waals surface area contributed by atoms with Crippen molar-refractivity contribution in [3.8, 4) is 0 Å². The summed E-state index contributed by atoms with van der Waals surface area (Å²) >= 11 is 1.45. The lowest BCUT2D eigenvalue weighted by atomic mass is 10.3. The fourth-order valence-corrected chi connectivity index (χ4v) is 3.01. The standard InChI is InChI=1S/C14H17N3O2S/c1-9-6-10(9)7-15-12(18)2-4-17-8-16-13-11(14(17)19)3-5-20-13/h3,5,8-10H,2,4,6-7H2,1H3,(H,15,18). The van der Waals surface area contributed by atoms with Crippen molar-refractivity contribution < 1.29 is 4.79 Å². The second-order valence-corrected chi connectivity index (χ2v) is 6.30. The van der Waals surface area contributed by atoms with Gasteiger partial charge in [-0.05, 0) is 29.7 Å². The molecule has 1 aliphatic rings. The summed E-state index contributed by atoms with van der Waals surface area (Å²) in [5.41, 5.74) is -0.0696. The van der Waals surface area contributed by atoms with Crippen LogP contribution in [0.25, 0.3) is 10.2 Å². The predicted octanol–water partition coefficient (Wildman–Crippen LogP) is 1.62. The van der Waals surface area contributed by atoms with Crippen molar-refractivity contribution in [1.29, 1.82) is 0 Å². The number of amides is 1. The molecule has 2 heterocycles. The summed E-state index contributed by atoms with van der Waals surface area (Å²) in [4.78, 5) is 28.8. The molecule has 0 saturated heterocycles. The first kappa shape index (κ1) is 13.3. The molecule has 6 heteroatoms. The average molecular weight is 291 g/mol. The highest BCUT2D eigenvalue weighted by Crippen LogP contribution is 2.36. The number of thiophene rings is 1. The molecule has 1 aliphatic carbocycles. The van der Waals surface area contributed by atoms with Gasteiger partial charge in [0.25, 0.3) is 5.56 Å². The van der Waals surface area contributed by atoms with E-state index >= 15 is 0 Å². The van der Waals surface area contributed by atoms with E-state index in [2.05, 4.69) is 17.2 Å². The Morgan fingerprint density at radius 2 is 2.40 bits per heavy atom. The molecule has 2 aromatic rings. The van der Waals surface area contributed by atoms with Crippen LogP contribution in [0.15, 0.2) is 22.6 Å². The molecule has 20 heavy (non-hydrogen) atoms. The van der Waals surface area contributed by atoms with Gasteiger partial charge < -0.3 is 5.32 Å². The van der Waals surface area contributed by atoms with Crippen molar-refractivity contribution in [3.05, 3.63) is 28.1 Å². The van der Waals surface area contributed by atoms with Gasteiger partial charge in [-0.3, -0.25) is 14.2 Å². The second kappa shape index (κ2) is 5.36. The maximum atomic E-state index is 12.1. The van der Waals surface area contributed by atoms with Crippen LogP contribution in [-0.2, 0) is 11.3 Å². The Bertz CT molecular complexity index is 691. The van der Waals surface area contributed by atoms with E-state index < -0.39 is 0 Å². The quantitative estimate of drug-likeness (QED) is 0.910. The highest BCUT2D eigenvalue weighted by atomic mass is 32.1.